The summed E-state index contributed by atoms with van der Waals surface area (Å²) in [6.07, 6.45) is 1.06. The Kier molecular flexibility index (Phi) is 4.67. The third kappa shape index (κ3) is 3.33. The van der Waals surface area contributed by atoms with Gasteiger partial charge in [-0.3, -0.25) is 14.9 Å². The van der Waals surface area contributed by atoms with Gasteiger partial charge in [0.05, 0.1) is 0 Å². The molecule has 0 unspecified atom stereocenters. The molecule has 1 aromatic carbocycles. The number of rotatable bonds is 1. The number of hydrogen-bond donors (Lipinski definition) is 1. The molecule has 26 heavy (non-hydrogen) atoms. The molecule has 4 rings (SSSR count). The number of nitrogens with one attached hydrogen (secondary N) is 1. The van der Waals surface area contributed by atoms with Crippen molar-refractivity contribution in [1.29, 1.82) is 0 Å². The van der Waals surface area contributed by atoms with Crippen molar-refractivity contribution in [3.05, 3.63) is 68.5 Å². The number of benzene rings is 1. The molecular weight excluding hydrogens is 414 g/mol. The number of amides is 1. The van der Waals surface area contributed by atoms with Crippen molar-refractivity contribution in [2.45, 2.75) is 18.9 Å². The normalized spacial score (nSPS) is 21.0. The van der Waals surface area contributed by atoms with Gasteiger partial charge in [-0.15, -0.1) is 0 Å². The molecule has 2 atom stereocenters. The summed E-state index contributed by atoms with van der Waals surface area (Å²) in [6.45, 7) is 2.20. The molecule has 1 amide bonds. The lowest BCUT2D eigenvalue weighted by molar-refractivity contribution is 0.0968. The number of aromatic nitrogens is 1. The smallest absolute Gasteiger partial charge is 0.257 e. The minimum absolute atomic E-state index is 0.0665. The second kappa shape index (κ2) is 6.96. The molecule has 2 bridgehead atoms. The van der Waals surface area contributed by atoms with Crippen LogP contribution in [0.3, 0.4) is 0 Å². The van der Waals surface area contributed by atoms with E-state index in [1.54, 1.807) is 18.2 Å². The van der Waals surface area contributed by atoms with Gasteiger partial charge in [0.15, 0.2) is 5.11 Å². The number of hydrogen-bond acceptors (Lipinski definition) is 3. The van der Waals surface area contributed by atoms with Crippen LogP contribution in [0.5, 0.6) is 0 Å². The van der Waals surface area contributed by atoms with E-state index in [2.05, 4.69) is 26.1 Å². The number of piperidine rings is 1. The first-order valence-corrected chi connectivity index (χ1v) is 9.77. The minimum atomic E-state index is -0.199. The Hall–Kier alpha value is -1.99. The van der Waals surface area contributed by atoms with Gasteiger partial charge in [0.2, 0.25) is 0 Å². The van der Waals surface area contributed by atoms with Crippen LogP contribution in [-0.2, 0) is 6.54 Å². The number of pyridine rings is 1. The lowest BCUT2D eigenvalue weighted by Gasteiger charge is -2.43. The molecule has 5 nitrogen and oxygen atoms in total. The van der Waals surface area contributed by atoms with Crippen LogP contribution in [-0.4, -0.2) is 33.6 Å². The van der Waals surface area contributed by atoms with Gasteiger partial charge in [0.1, 0.15) is 0 Å². The van der Waals surface area contributed by atoms with E-state index in [0.29, 0.717) is 23.1 Å². The fourth-order valence-electron chi connectivity index (χ4n) is 3.91. The highest BCUT2D eigenvalue weighted by Crippen LogP contribution is 2.34. The number of likely N-dealkylation sites (tertiary alicyclic amines) is 1. The number of thiocarbonyl (C=S) groups is 1. The van der Waals surface area contributed by atoms with Crippen LogP contribution in [0.1, 0.15) is 28.4 Å². The Morgan fingerprint density at radius 2 is 1.88 bits per heavy atom. The van der Waals surface area contributed by atoms with E-state index in [4.69, 9.17) is 12.2 Å². The van der Waals surface area contributed by atoms with Crippen molar-refractivity contribution in [2.24, 2.45) is 5.92 Å². The third-order valence-electron chi connectivity index (χ3n) is 5.09. The van der Waals surface area contributed by atoms with Crippen molar-refractivity contribution in [1.82, 2.24) is 14.8 Å². The first kappa shape index (κ1) is 17.4. The third-order valence-corrected chi connectivity index (χ3v) is 5.98. The first-order valence-electron chi connectivity index (χ1n) is 8.57. The SMILES string of the molecule is O=C(NC(=S)N1C[C@@H]2C[C@@H](C1)c1cccc(=O)n1C2)c1ccc(Br)cc1. The second-order valence-electron chi connectivity index (χ2n) is 6.87. The number of carbonyl (C=O) groups excluding carboxylic acids is 1. The van der Waals surface area contributed by atoms with Crippen LogP contribution in [0.15, 0.2) is 51.7 Å². The van der Waals surface area contributed by atoms with Crippen molar-refractivity contribution in [3.63, 3.8) is 0 Å². The first-order chi connectivity index (χ1) is 12.5. The van der Waals surface area contributed by atoms with Gasteiger partial charge >= 0.3 is 0 Å². The van der Waals surface area contributed by atoms with Gasteiger partial charge in [0.25, 0.3) is 11.5 Å². The monoisotopic (exact) mass is 431 g/mol. The average molecular weight is 432 g/mol. The van der Waals surface area contributed by atoms with Crippen molar-refractivity contribution >= 4 is 39.2 Å². The molecule has 3 heterocycles. The molecule has 2 aliphatic heterocycles. The number of nitrogens with zero attached hydrogens (tertiary/aromatic N) is 2. The Morgan fingerprint density at radius 3 is 2.65 bits per heavy atom. The topological polar surface area (TPSA) is 54.3 Å². The van der Waals surface area contributed by atoms with Gasteiger partial charge in [-0.2, -0.15) is 0 Å². The van der Waals surface area contributed by atoms with Crippen LogP contribution in [0.25, 0.3) is 0 Å². The van der Waals surface area contributed by atoms with E-state index in [1.807, 2.05) is 28.8 Å². The standard InChI is InChI=1S/C19H18BrN3O2S/c20-15-6-4-13(5-7-15)18(25)21-19(26)22-9-12-8-14(11-22)16-2-1-3-17(24)23(16)10-12/h1-7,12,14H,8-11H2,(H,21,25,26)/t12-,14-/m0/s1. The van der Waals surface area contributed by atoms with Crippen LogP contribution in [0.2, 0.25) is 0 Å². The Labute approximate surface area is 165 Å². The summed E-state index contributed by atoms with van der Waals surface area (Å²) in [5, 5.41) is 3.30. The van der Waals surface area contributed by atoms with E-state index in [0.717, 1.165) is 29.7 Å². The maximum atomic E-state index is 12.4. The largest absolute Gasteiger partial charge is 0.348 e. The molecule has 0 saturated carbocycles. The summed E-state index contributed by atoms with van der Waals surface area (Å²) in [7, 11) is 0. The van der Waals surface area contributed by atoms with Crippen LogP contribution < -0.4 is 10.9 Å². The van der Waals surface area contributed by atoms with E-state index in [1.165, 1.54) is 0 Å². The fourth-order valence-corrected chi connectivity index (χ4v) is 4.42. The quantitative estimate of drug-likeness (QED) is 0.705. The minimum Gasteiger partial charge on any atom is -0.348 e. The predicted molar refractivity (Wildman–Crippen MR) is 107 cm³/mol. The fraction of sp³-hybridized carbons (Fsp3) is 0.316. The Bertz CT molecular complexity index is 925. The van der Waals surface area contributed by atoms with Gasteiger partial charge in [-0.25, -0.2) is 0 Å². The zero-order valence-corrected chi connectivity index (χ0v) is 16.4. The lowest BCUT2D eigenvalue weighted by Crippen LogP contribution is -2.52. The number of halogens is 1. The van der Waals surface area contributed by atoms with Crippen LogP contribution >= 0.6 is 28.1 Å². The highest BCUT2D eigenvalue weighted by atomic mass is 79.9. The van der Waals surface area contributed by atoms with E-state index < -0.39 is 0 Å². The summed E-state index contributed by atoms with van der Waals surface area (Å²) < 4.78 is 2.81. The summed E-state index contributed by atoms with van der Waals surface area (Å²) in [4.78, 5) is 26.6. The lowest BCUT2D eigenvalue weighted by atomic mass is 9.83. The highest BCUT2D eigenvalue weighted by molar-refractivity contribution is 9.10. The van der Waals surface area contributed by atoms with Gasteiger partial charge in [-0.1, -0.05) is 22.0 Å². The van der Waals surface area contributed by atoms with E-state index >= 15 is 0 Å². The van der Waals surface area contributed by atoms with Crippen molar-refractivity contribution in [3.8, 4) is 0 Å². The molecule has 1 fully saturated rings. The molecule has 7 heteroatoms. The molecule has 134 valence electrons. The zero-order chi connectivity index (χ0) is 18.3. The Morgan fingerprint density at radius 1 is 1.12 bits per heavy atom. The van der Waals surface area contributed by atoms with E-state index in [9.17, 15) is 9.59 Å². The maximum absolute atomic E-state index is 12.4. The molecule has 0 radical (unpaired) electrons. The molecule has 1 saturated heterocycles. The summed E-state index contributed by atoms with van der Waals surface area (Å²) in [6, 6.07) is 12.6. The van der Waals surface area contributed by atoms with E-state index in [-0.39, 0.29) is 17.4 Å². The zero-order valence-electron chi connectivity index (χ0n) is 14.0. The molecule has 2 aromatic rings. The Balaban J connectivity index is 1.48. The molecule has 1 N–H and O–H groups in total. The molecular formula is C19H18BrN3O2S. The van der Waals surface area contributed by atoms with Crippen molar-refractivity contribution in [2.75, 3.05) is 13.1 Å². The molecule has 1 aromatic heterocycles. The maximum Gasteiger partial charge on any atom is 0.257 e. The second-order valence-corrected chi connectivity index (χ2v) is 8.17. The molecule has 0 aliphatic carbocycles. The summed E-state index contributed by atoms with van der Waals surface area (Å²) in [5.74, 6) is 0.428. The van der Waals surface area contributed by atoms with Crippen LogP contribution in [0.4, 0.5) is 0 Å². The molecule has 2 aliphatic rings. The van der Waals surface area contributed by atoms with Gasteiger partial charge < -0.3 is 9.47 Å². The predicted octanol–water partition coefficient (Wildman–Crippen LogP) is 2.74. The number of fused-ring (bicyclic) bond motifs is 4. The number of carbonyl (C=O) groups is 1. The van der Waals surface area contributed by atoms with Crippen molar-refractivity contribution < 1.29 is 4.79 Å². The molecule has 0 spiro atoms. The average Bonchev–Trinajstić information content (AvgIpc) is 2.63. The summed E-state index contributed by atoms with van der Waals surface area (Å²) >= 11 is 8.86. The van der Waals surface area contributed by atoms with Gasteiger partial charge in [-0.05, 0) is 54.9 Å². The van der Waals surface area contributed by atoms with Crippen LogP contribution in [0, 0.1) is 5.92 Å². The van der Waals surface area contributed by atoms with Gasteiger partial charge in [0, 0.05) is 47.3 Å². The summed E-state index contributed by atoms with van der Waals surface area (Å²) in [5.41, 5.74) is 1.71. The highest BCUT2D eigenvalue weighted by Gasteiger charge is 2.35.